The smallest absolute Gasteiger partial charge is 0.232 e. The van der Waals surface area contributed by atoms with E-state index in [2.05, 4.69) is 75.8 Å². The molecule has 3 aliphatic rings. The van der Waals surface area contributed by atoms with Gasteiger partial charge in [0.25, 0.3) is 0 Å². The monoisotopic (exact) mass is 457 g/mol. The summed E-state index contributed by atoms with van der Waals surface area (Å²) in [5.74, 6) is 0.317. The van der Waals surface area contributed by atoms with Crippen LogP contribution in [0.4, 0.5) is 5.69 Å². The molecule has 1 amide bonds. The average Bonchev–Trinajstić information content (AvgIpc) is 2.92. The highest BCUT2D eigenvalue weighted by atomic mass is 16.2. The fraction of sp³-hybridized carbons (Fsp3) is 0.500. The molecule has 4 heteroatoms. The zero-order chi connectivity index (χ0) is 23.4. The van der Waals surface area contributed by atoms with Gasteiger partial charge in [-0.1, -0.05) is 80.3 Å². The number of carbonyl (C=O) groups is 1. The molecule has 0 bridgehead atoms. The summed E-state index contributed by atoms with van der Waals surface area (Å²) in [6.07, 6.45) is 11.6. The van der Waals surface area contributed by atoms with Crippen LogP contribution in [0.3, 0.4) is 0 Å². The van der Waals surface area contributed by atoms with E-state index in [-0.39, 0.29) is 11.5 Å². The number of benzene rings is 2. The summed E-state index contributed by atoms with van der Waals surface area (Å²) in [4.78, 5) is 19.0. The van der Waals surface area contributed by atoms with Crippen LogP contribution in [-0.4, -0.2) is 48.9 Å². The van der Waals surface area contributed by atoms with Crippen molar-refractivity contribution in [3.8, 4) is 0 Å². The van der Waals surface area contributed by atoms with Crippen LogP contribution in [0.15, 0.2) is 60.2 Å². The van der Waals surface area contributed by atoms with Gasteiger partial charge in [-0.05, 0) is 61.5 Å². The van der Waals surface area contributed by atoms with Gasteiger partial charge in [0.15, 0.2) is 0 Å². The highest BCUT2D eigenvalue weighted by Crippen LogP contribution is 2.46. The summed E-state index contributed by atoms with van der Waals surface area (Å²) < 4.78 is 0. The fourth-order valence-corrected chi connectivity index (χ4v) is 6.39. The van der Waals surface area contributed by atoms with Crippen molar-refractivity contribution in [2.75, 3.05) is 38.5 Å². The van der Waals surface area contributed by atoms with Crippen LogP contribution >= 0.6 is 0 Å². The van der Waals surface area contributed by atoms with Crippen molar-refractivity contribution in [1.29, 1.82) is 0 Å². The lowest BCUT2D eigenvalue weighted by molar-refractivity contribution is -0.141. The van der Waals surface area contributed by atoms with Gasteiger partial charge in [0, 0.05) is 25.8 Å². The topological polar surface area (TPSA) is 35.6 Å². The number of piperidine rings is 1. The largest absolute Gasteiger partial charge is 0.381 e. The minimum Gasteiger partial charge on any atom is -0.381 e. The van der Waals surface area contributed by atoms with Gasteiger partial charge in [-0.2, -0.15) is 0 Å². The van der Waals surface area contributed by atoms with Crippen LogP contribution in [-0.2, 0) is 4.79 Å². The highest BCUT2D eigenvalue weighted by Gasteiger charge is 2.45. The van der Waals surface area contributed by atoms with Gasteiger partial charge in [-0.25, -0.2) is 0 Å². The van der Waals surface area contributed by atoms with Gasteiger partial charge >= 0.3 is 0 Å². The van der Waals surface area contributed by atoms with Crippen LogP contribution in [0, 0.1) is 5.41 Å². The molecule has 1 saturated carbocycles. The summed E-state index contributed by atoms with van der Waals surface area (Å²) >= 11 is 0. The first-order chi connectivity index (χ1) is 16.7. The summed E-state index contributed by atoms with van der Waals surface area (Å²) in [7, 11) is 2.04. The normalized spacial score (nSPS) is 21.0. The summed E-state index contributed by atoms with van der Waals surface area (Å²) in [5, 5.41) is 3.60. The van der Waals surface area contributed by atoms with E-state index >= 15 is 0 Å². The van der Waals surface area contributed by atoms with Crippen LogP contribution < -0.4 is 5.32 Å². The first-order valence-electron chi connectivity index (χ1n) is 13.3. The lowest BCUT2D eigenvalue weighted by Gasteiger charge is -2.44. The highest BCUT2D eigenvalue weighted by molar-refractivity contribution is 5.89. The molecule has 1 atom stereocenters. The molecule has 5 rings (SSSR count). The van der Waals surface area contributed by atoms with Crippen LogP contribution in [0.1, 0.15) is 68.5 Å². The first-order valence-corrected chi connectivity index (χ1v) is 13.3. The SMILES string of the molecule is CN(CC(c1ccccc1)N1CCCCC1)C(=O)C1(C2=Cc3ccccc3NC2)CCCCC1. The lowest BCUT2D eigenvalue weighted by atomic mass is 9.67. The molecule has 1 unspecified atom stereocenters. The number of nitrogens with zero attached hydrogens (tertiary/aromatic N) is 2. The minimum atomic E-state index is -0.378. The summed E-state index contributed by atoms with van der Waals surface area (Å²) in [6.45, 7) is 3.77. The second kappa shape index (κ2) is 10.4. The maximum Gasteiger partial charge on any atom is 0.232 e. The molecule has 2 aromatic rings. The number of anilines is 1. The quantitative estimate of drug-likeness (QED) is 0.567. The molecule has 1 aliphatic carbocycles. The number of para-hydroxylation sites is 1. The first kappa shape index (κ1) is 23.2. The summed E-state index contributed by atoms with van der Waals surface area (Å²) in [5.41, 5.74) is 4.61. The van der Waals surface area contributed by atoms with Crippen LogP contribution in [0.5, 0.6) is 0 Å². The van der Waals surface area contributed by atoms with Crippen molar-refractivity contribution in [3.05, 3.63) is 71.3 Å². The number of rotatable bonds is 6. The van der Waals surface area contributed by atoms with Gasteiger partial charge in [0.05, 0.1) is 11.5 Å². The van der Waals surface area contributed by atoms with Crippen LogP contribution in [0.2, 0.25) is 0 Å². The van der Waals surface area contributed by atoms with Crippen molar-refractivity contribution in [2.24, 2.45) is 5.41 Å². The molecule has 0 radical (unpaired) electrons. The van der Waals surface area contributed by atoms with E-state index in [1.165, 1.54) is 48.1 Å². The molecular weight excluding hydrogens is 418 g/mol. The molecule has 34 heavy (non-hydrogen) atoms. The number of fused-ring (bicyclic) bond motifs is 1. The lowest BCUT2D eigenvalue weighted by Crippen LogP contribution is -2.49. The third-order valence-electron chi connectivity index (χ3n) is 8.30. The van der Waals surface area contributed by atoms with Crippen molar-refractivity contribution >= 4 is 17.7 Å². The van der Waals surface area contributed by atoms with Crippen molar-refractivity contribution in [3.63, 3.8) is 0 Å². The maximum absolute atomic E-state index is 14.3. The van der Waals surface area contributed by atoms with Crippen molar-refractivity contribution in [2.45, 2.75) is 57.4 Å². The second-order valence-electron chi connectivity index (χ2n) is 10.5. The van der Waals surface area contributed by atoms with E-state index in [1.54, 1.807) is 0 Å². The Hall–Kier alpha value is -2.59. The Bertz CT molecular complexity index is 1000. The Balaban J connectivity index is 1.42. The summed E-state index contributed by atoms with van der Waals surface area (Å²) in [6, 6.07) is 19.5. The Morgan fingerprint density at radius 1 is 0.941 bits per heavy atom. The Morgan fingerprint density at radius 2 is 1.62 bits per heavy atom. The molecule has 1 N–H and O–H groups in total. The number of likely N-dealkylation sites (tertiary alicyclic amines) is 1. The number of nitrogens with one attached hydrogen (secondary N) is 1. The van der Waals surface area contributed by atoms with Gasteiger partial charge in [0.1, 0.15) is 0 Å². The van der Waals surface area contributed by atoms with Crippen molar-refractivity contribution < 1.29 is 4.79 Å². The molecule has 0 aromatic heterocycles. The molecule has 2 aromatic carbocycles. The van der Waals surface area contributed by atoms with E-state index < -0.39 is 0 Å². The third-order valence-corrected chi connectivity index (χ3v) is 8.30. The molecule has 4 nitrogen and oxygen atoms in total. The van der Waals surface area contributed by atoms with Crippen molar-refractivity contribution in [1.82, 2.24) is 9.80 Å². The van der Waals surface area contributed by atoms with Gasteiger partial charge in [0.2, 0.25) is 5.91 Å². The molecule has 2 aliphatic heterocycles. The predicted octanol–water partition coefficient (Wildman–Crippen LogP) is 6.13. The number of carbonyl (C=O) groups excluding carboxylic acids is 1. The van der Waals surface area contributed by atoms with Gasteiger partial charge < -0.3 is 10.2 Å². The maximum atomic E-state index is 14.3. The standard InChI is InChI=1S/C30H39N3O/c1-32(23-28(24-13-5-2-6-14-24)33-19-11-4-12-20-33)29(34)30(17-9-3-10-18-30)26-21-25-15-7-8-16-27(25)31-22-26/h2,5-8,13-16,21,28,31H,3-4,9-12,17-20,22-23H2,1H3. The molecule has 2 fully saturated rings. The second-order valence-corrected chi connectivity index (χ2v) is 10.5. The van der Waals surface area contributed by atoms with E-state index in [4.69, 9.17) is 0 Å². The number of hydrogen-bond donors (Lipinski definition) is 1. The van der Waals surface area contributed by atoms with E-state index in [0.29, 0.717) is 5.91 Å². The fourth-order valence-electron chi connectivity index (χ4n) is 6.39. The minimum absolute atomic E-state index is 0.260. The average molecular weight is 458 g/mol. The van der Waals surface area contributed by atoms with E-state index in [1.807, 2.05) is 7.05 Å². The molecule has 2 heterocycles. The van der Waals surface area contributed by atoms with Crippen LogP contribution in [0.25, 0.3) is 6.08 Å². The molecular formula is C30H39N3O. The molecule has 180 valence electrons. The Labute approximate surface area is 205 Å². The Kier molecular flexibility index (Phi) is 7.05. The zero-order valence-corrected chi connectivity index (χ0v) is 20.6. The Morgan fingerprint density at radius 3 is 2.38 bits per heavy atom. The molecule has 1 saturated heterocycles. The zero-order valence-electron chi connectivity index (χ0n) is 20.6. The van der Waals surface area contributed by atoms with E-state index in [0.717, 1.165) is 51.9 Å². The van der Waals surface area contributed by atoms with Gasteiger partial charge in [-0.15, -0.1) is 0 Å². The third kappa shape index (κ3) is 4.65. The number of hydrogen-bond acceptors (Lipinski definition) is 3. The number of amides is 1. The predicted molar refractivity (Wildman–Crippen MR) is 141 cm³/mol. The van der Waals surface area contributed by atoms with Gasteiger partial charge in [-0.3, -0.25) is 9.69 Å². The number of likely N-dealkylation sites (N-methyl/N-ethyl adjacent to an activating group) is 1. The molecule has 0 spiro atoms. The van der Waals surface area contributed by atoms with E-state index in [9.17, 15) is 4.79 Å².